The van der Waals surface area contributed by atoms with Crippen molar-refractivity contribution in [2.45, 2.75) is 6.18 Å². The highest BCUT2D eigenvalue weighted by Gasteiger charge is 2.33. The number of nitrogens with zero attached hydrogens (tertiary/aromatic N) is 1. The second kappa shape index (κ2) is 9.47. The topological polar surface area (TPSA) is 98.9 Å². The van der Waals surface area contributed by atoms with Crippen molar-refractivity contribution in [1.82, 2.24) is 15.3 Å². The van der Waals surface area contributed by atoms with Crippen LogP contribution in [0.5, 0.6) is 0 Å². The van der Waals surface area contributed by atoms with Gasteiger partial charge in [-0.3, -0.25) is 4.79 Å². The molecule has 7 nitrogen and oxygen atoms in total. The number of amides is 3. The van der Waals surface area contributed by atoms with Gasteiger partial charge in [-0.25, -0.2) is 9.78 Å². The lowest BCUT2D eigenvalue weighted by Gasteiger charge is -2.13. The Bertz CT molecular complexity index is 1450. The first kappa shape index (κ1) is 24.4. The van der Waals surface area contributed by atoms with Gasteiger partial charge in [-0.05, 0) is 54.6 Å². The molecule has 0 aliphatic heterocycles. The molecule has 3 amide bonds. The number of halogens is 5. The fraction of sp³-hybridized carbons (Fsp3) is 0.0870. The maximum atomic E-state index is 13.1. The summed E-state index contributed by atoms with van der Waals surface area (Å²) < 4.78 is 39.2. The molecule has 4 rings (SSSR count). The maximum absolute atomic E-state index is 13.1. The molecular formula is C23H16Cl2F3N5O2. The summed E-state index contributed by atoms with van der Waals surface area (Å²) in [6, 6.07) is 11.9. The molecule has 4 aromatic rings. The number of fused-ring (bicyclic) bond motifs is 1. The molecule has 0 unspecified atom stereocenters. The number of rotatable bonds is 4. The first-order valence-electron chi connectivity index (χ1n) is 10.0. The van der Waals surface area contributed by atoms with Gasteiger partial charge in [0.25, 0.3) is 5.91 Å². The zero-order valence-corrected chi connectivity index (χ0v) is 19.4. The van der Waals surface area contributed by atoms with Crippen molar-refractivity contribution < 1.29 is 22.8 Å². The standard InChI is InChI=1S/C23H16Cl2F3N5O2/c1-29-21(34)11-2-7-18-19(8-11)33-20(32-18)14-9-12(3-5-16(14)24)30-22(35)31-13-4-6-17(25)15(10-13)23(26,27)28/h2-10H,1H3,(H,29,34)(H,32,33)(H2,30,31,35). The van der Waals surface area contributed by atoms with Gasteiger partial charge in [-0.15, -0.1) is 0 Å². The van der Waals surface area contributed by atoms with Crippen LogP contribution in [0.2, 0.25) is 10.0 Å². The Balaban J connectivity index is 1.56. The van der Waals surface area contributed by atoms with Gasteiger partial charge in [0.1, 0.15) is 5.82 Å². The van der Waals surface area contributed by atoms with Crippen LogP contribution in [-0.4, -0.2) is 29.0 Å². The van der Waals surface area contributed by atoms with Crippen LogP contribution in [0.3, 0.4) is 0 Å². The molecule has 4 N–H and O–H groups in total. The molecular weight excluding hydrogens is 506 g/mol. The van der Waals surface area contributed by atoms with E-state index < -0.39 is 22.8 Å². The molecule has 12 heteroatoms. The molecule has 0 saturated carbocycles. The first-order chi connectivity index (χ1) is 16.5. The molecule has 0 spiro atoms. The minimum Gasteiger partial charge on any atom is -0.355 e. The molecule has 3 aromatic carbocycles. The summed E-state index contributed by atoms with van der Waals surface area (Å²) in [5, 5.41) is 7.31. The molecule has 1 aromatic heterocycles. The predicted molar refractivity (Wildman–Crippen MR) is 129 cm³/mol. The van der Waals surface area contributed by atoms with Gasteiger partial charge in [0.2, 0.25) is 0 Å². The van der Waals surface area contributed by atoms with E-state index in [0.717, 1.165) is 12.1 Å². The van der Waals surface area contributed by atoms with E-state index in [4.69, 9.17) is 23.2 Å². The third-order valence-electron chi connectivity index (χ3n) is 4.98. The fourth-order valence-electron chi connectivity index (χ4n) is 3.32. The Morgan fingerprint density at radius 3 is 2.23 bits per heavy atom. The van der Waals surface area contributed by atoms with Crippen LogP contribution < -0.4 is 16.0 Å². The number of nitrogens with one attached hydrogen (secondary N) is 4. The lowest BCUT2D eigenvalue weighted by atomic mass is 10.2. The minimum absolute atomic E-state index is 0.0855. The average molecular weight is 522 g/mol. The minimum atomic E-state index is -4.66. The number of alkyl halides is 3. The summed E-state index contributed by atoms with van der Waals surface area (Å²) in [4.78, 5) is 31.9. The molecule has 35 heavy (non-hydrogen) atoms. The van der Waals surface area contributed by atoms with Crippen LogP contribution in [0.1, 0.15) is 15.9 Å². The lowest BCUT2D eigenvalue weighted by molar-refractivity contribution is -0.137. The highest BCUT2D eigenvalue weighted by atomic mass is 35.5. The van der Waals surface area contributed by atoms with Crippen LogP contribution in [0.4, 0.5) is 29.3 Å². The number of imidazole rings is 1. The molecule has 0 radical (unpaired) electrons. The van der Waals surface area contributed by atoms with Gasteiger partial charge in [0.05, 0.1) is 26.6 Å². The number of benzene rings is 3. The zero-order valence-electron chi connectivity index (χ0n) is 17.8. The summed E-state index contributed by atoms with van der Waals surface area (Å²) in [7, 11) is 1.53. The smallest absolute Gasteiger partial charge is 0.355 e. The molecule has 0 bridgehead atoms. The number of anilines is 2. The molecule has 0 saturated heterocycles. The quantitative estimate of drug-likeness (QED) is 0.244. The Hall–Kier alpha value is -3.76. The van der Waals surface area contributed by atoms with Crippen molar-refractivity contribution in [3.05, 3.63) is 75.8 Å². The van der Waals surface area contributed by atoms with Gasteiger partial charge in [0.15, 0.2) is 0 Å². The van der Waals surface area contributed by atoms with E-state index in [9.17, 15) is 22.8 Å². The van der Waals surface area contributed by atoms with Crippen molar-refractivity contribution in [2.24, 2.45) is 0 Å². The highest BCUT2D eigenvalue weighted by molar-refractivity contribution is 6.33. The molecule has 0 aliphatic carbocycles. The SMILES string of the molecule is CNC(=O)c1ccc2nc(-c3cc(NC(=O)Nc4ccc(Cl)c(C(F)(F)F)c4)ccc3Cl)[nH]c2c1. The van der Waals surface area contributed by atoms with Crippen molar-refractivity contribution in [2.75, 3.05) is 17.7 Å². The number of aromatic amines is 1. The molecule has 0 aliphatic rings. The van der Waals surface area contributed by atoms with Gasteiger partial charge in [-0.2, -0.15) is 13.2 Å². The van der Waals surface area contributed by atoms with E-state index in [0.29, 0.717) is 38.7 Å². The Morgan fingerprint density at radius 2 is 1.57 bits per heavy atom. The largest absolute Gasteiger partial charge is 0.417 e. The van der Waals surface area contributed by atoms with Crippen LogP contribution in [0, 0.1) is 0 Å². The van der Waals surface area contributed by atoms with Crippen molar-refractivity contribution in [1.29, 1.82) is 0 Å². The van der Waals surface area contributed by atoms with Crippen LogP contribution in [-0.2, 0) is 6.18 Å². The van der Waals surface area contributed by atoms with E-state index in [1.54, 1.807) is 30.3 Å². The van der Waals surface area contributed by atoms with Gasteiger partial charge >= 0.3 is 12.2 Å². The predicted octanol–water partition coefficient (Wildman–Crippen LogP) is 6.56. The normalized spacial score (nSPS) is 11.4. The van der Waals surface area contributed by atoms with Gasteiger partial charge in [0, 0.05) is 29.5 Å². The lowest BCUT2D eigenvalue weighted by Crippen LogP contribution is -2.20. The van der Waals surface area contributed by atoms with E-state index in [-0.39, 0.29) is 11.6 Å². The summed E-state index contributed by atoms with van der Waals surface area (Å²) in [5.41, 5.74) is 1.29. The molecule has 1 heterocycles. The highest BCUT2D eigenvalue weighted by Crippen LogP contribution is 2.36. The number of carbonyl (C=O) groups is 2. The Morgan fingerprint density at radius 1 is 0.914 bits per heavy atom. The second-order valence-electron chi connectivity index (χ2n) is 7.36. The van der Waals surface area contributed by atoms with Gasteiger partial charge in [-0.1, -0.05) is 23.2 Å². The fourth-order valence-corrected chi connectivity index (χ4v) is 3.75. The number of carbonyl (C=O) groups excluding carboxylic acids is 2. The summed E-state index contributed by atoms with van der Waals surface area (Å²) in [6.07, 6.45) is -4.66. The number of hydrogen-bond acceptors (Lipinski definition) is 3. The summed E-state index contributed by atoms with van der Waals surface area (Å²) in [6.45, 7) is 0. The van der Waals surface area contributed by atoms with E-state index in [1.165, 1.54) is 19.2 Å². The first-order valence-corrected chi connectivity index (χ1v) is 10.8. The zero-order chi connectivity index (χ0) is 25.3. The summed E-state index contributed by atoms with van der Waals surface area (Å²) in [5.74, 6) is 0.150. The molecule has 180 valence electrons. The van der Waals surface area contributed by atoms with Gasteiger partial charge < -0.3 is 20.9 Å². The van der Waals surface area contributed by atoms with E-state index in [2.05, 4.69) is 25.9 Å². The number of hydrogen-bond donors (Lipinski definition) is 4. The van der Waals surface area contributed by atoms with E-state index >= 15 is 0 Å². The maximum Gasteiger partial charge on any atom is 0.417 e. The number of aromatic nitrogens is 2. The van der Waals surface area contributed by atoms with Crippen LogP contribution in [0.25, 0.3) is 22.4 Å². The van der Waals surface area contributed by atoms with Crippen molar-refractivity contribution >= 4 is 57.5 Å². The van der Waals surface area contributed by atoms with Crippen LogP contribution >= 0.6 is 23.2 Å². The number of urea groups is 1. The summed E-state index contributed by atoms with van der Waals surface area (Å²) >= 11 is 11.9. The molecule has 0 atom stereocenters. The van der Waals surface area contributed by atoms with Crippen LogP contribution in [0.15, 0.2) is 54.6 Å². The Kier molecular flexibility index (Phi) is 6.60. The number of H-pyrrole nitrogens is 1. The average Bonchev–Trinajstić information content (AvgIpc) is 3.23. The van der Waals surface area contributed by atoms with Crippen molar-refractivity contribution in [3.63, 3.8) is 0 Å². The van der Waals surface area contributed by atoms with Crippen molar-refractivity contribution in [3.8, 4) is 11.4 Å². The monoisotopic (exact) mass is 521 g/mol. The van der Waals surface area contributed by atoms with E-state index in [1.807, 2.05) is 0 Å². The Labute approximate surface area is 206 Å². The third kappa shape index (κ3) is 5.33. The second-order valence-corrected chi connectivity index (χ2v) is 8.18. The molecule has 0 fully saturated rings. The third-order valence-corrected chi connectivity index (χ3v) is 5.64.